The third-order valence-electron chi connectivity index (χ3n) is 2.76. The maximum absolute atomic E-state index is 5.98. The van der Waals surface area contributed by atoms with Gasteiger partial charge in [-0.3, -0.25) is 0 Å². The summed E-state index contributed by atoms with van der Waals surface area (Å²) in [5.74, 6) is 0.610. The maximum Gasteiger partial charge on any atom is 0.205 e. The average molecular weight is 212 g/mol. The van der Waals surface area contributed by atoms with Gasteiger partial charge >= 0.3 is 0 Å². The lowest BCUT2D eigenvalue weighted by atomic mass is 10.1. The van der Waals surface area contributed by atoms with Gasteiger partial charge in [-0.05, 0) is 25.7 Å². The summed E-state index contributed by atoms with van der Waals surface area (Å²) >= 11 is 1.60. The second-order valence-electron chi connectivity index (χ2n) is 3.86. The standard InChI is InChI=1S/C9H16N4S/c1-6-12-13-9(14-6)11-5-7-3-2-4-8(7)10/h7-8H,2-5,10H2,1H3,(H,11,13). The fraction of sp³-hybridized carbons (Fsp3) is 0.778. The molecule has 14 heavy (non-hydrogen) atoms. The van der Waals surface area contributed by atoms with Crippen molar-refractivity contribution < 1.29 is 0 Å². The van der Waals surface area contributed by atoms with Gasteiger partial charge in [-0.15, -0.1) is 10.2 Å². The molecule has 5 heteroatoms. The maximum atomic E-state index is 5.98. The quantitative estimate of drug-likeness (QED) is 0.794. The van der Waals surface area contributed by atoms with E-state index in [-0.39, 0.29) is 0 Å². The predicted octanol–water partition coefficient (Wildman–Crippen LogP) is 1.39. The fourth-order valence-electron chi connectivity index (χ4n) is 1.91. The van der Waals surface area contributed by atoms with E-state index < -0.39 is 0 Å². The van der Waals surface area contributed by atoms with Crippen LogP contribution >= 0.6 is 11.3 Å². The lowest BCUT2D eigenvalue weighted by molar-refractivity contribution is 0.505. The van der Waals surface area contributed by atoms with Gasteiger partial charge in [0.25, 0.3) is 0 Å². The molecule has 0 spiro atoms. The molecule has 1 saturated carbocycles. The minimum absolute atomic E-state index is 0.372. The molecule has 0 amide bonds. The Morgan fingerprint density at radius 1 is 1.50 bits per heavy atom. The van der Waals surface area contributed by atoms with Crippen LogP contribution in [0.25, 0.3) is 0 Å². The van der Waals surface area contributed by atoms with Crippen LogP contribution in [0.4, 0.5) is 5.13 Å². The molecule has 1 aromatic rings. The highest BCUT2D eigenvalue weighted by Crippen LogP contribution is 2.24. The molecule has 1 heterocycles. The van der Waals surface area contributed by atoms with Gasteiger partial charge in [0.2, 0.25) is 5.13 Å². The van der Waals surface area contributed by atoms with Crippen molar-refractivity contribution in [2.24, 2.45) is 11.7 Å². The second kappa shape index (κ2) is 4.23. The third kappa shape index (κ3) is 2.22. The van der Waals surface area contributed by atoms with E-state index in [0.29, 0.717) is 12.0 Å². The number of nitrogens with one attached hydrogen (secondary N) is 1. The van der Waals surface area contributed by atoms with Gasteiger partial charge in [-0.2, -0.15) is 0 Å². The average Bonchev–Trinajstić information content (AvgIpc) is 2.72. The van der Waals surface area contributed by atoms with Gasteiger partial charge in [-0.1, -0.05) is 17.8 Å². The molecule has 0 aliphatic heterocycles. The summed E-state index contributed by atoms with van der Waals surface area (Å²) < 4.78 is 0. The summed E-state index contributed by atoms with van der Waals surface area (Å²) in [5, 5.41) is 13.2. The summed E-state index contributed by atoms with van der Waals surface area (Å²) in [6, 6.07) is 0.372. The summed E-state index contributed by atoms with van der Waals surface area (Å²) in [5.41, 5.74) is 5.98. The molecule has 0 radical (unpaired) electrons. The monoisotopic (exact) mass is 212 g/mol. The summed E-state index contributed by atoms with van der Waals surface area (Å²) in [6.45, 7) is 2.90. The molecule has 0 bridgehead atoms. The molecule has 0 saturated heterocycles. The summed E-state index contributed by atoms with van der Waals surface area (Å²) in [6.07, 6.45) is 3.68. The molecular formula is C9H16N4S. The fourth-order valence-corrected chi connectivity index (χ4v) is 2.50. The number of nitrogens with two attached hydrogens (primary N) is 1. The van der Waals surface area contributed by atoms with E-state index in [1.54, 1.807) is 11.3 Å². The van der Waals surface area contributed by atoms with E-state index >= 15 is 0 Å². The highest BCUT2D eigenvalue weighted by molar-refractivity contribution is 7.15. The molecule has 1 aliphatic rings. The molecular weight excluding hydrogens is 196 g/mol. The van der Waals surface area contributed by atoms with Crippen molar-refractivity contribution in [2.45, 2.75) is 32.2 Å². The van der Waals surface area contributed by atoms with Crippen molar-refractivity contribution in [3.63, 3.8) is 0 Å². The SMILES string of the molecule is Cc1nnc(NCC2CCCC2N)s1. The summed E-state index contributed by atoms with van der Waals surface area (Å²) in [7, 11) is 0. The van der Waals surface area contributed by atoms with Gasteiger partial charge in [0.15, 0.2) is 0 Å². The van der Waals surface area contributed by atoms with Crippen LogP contribution in [0.3, 0.4) is 0 Å². The largest absolute Gasteiger partial charge is 0.360 e. The highest BCUT2D eigenvalue weighted by atomic mass is 32.1. The minimum Gasteiger partial charge on any atom is -0.360 e. The van der Waals surface area contributed by atoms with Crippen molar-refractivity contribution >= 4 is 16.5 Å². The summed E-state index contributed by atoms with van der Waals surface area (Å²) in [4.78, 5) is 0. The zero-order valence-electron chi connectivity index (χ0n) is 8.36. The van der Waals surface area contributed by atoms with Gasteiger partial charge in [0.1, 0.15) is 5.01 Å². The number of anilines is 1. The Bertz CT molecular complexity index is 299. The highest BCUT2D eigenvalue weighted by Gasteiger charge is 2.23. The molecule has 3 N–H and O–H groups in total. The first-order chi connectivity index (χ1) is 6.75. The van der Waals surface area contributed by atoms with Crippen LogP contribution in [-0.4, -0.2) is 22.8 Å². The van der Waals surface area contributed by atoms with E-state index in [4.69, 9.17) is 5.73 Å². The van der Waals surface area contributed by atoms with Crippen LogP contribution in [0.1, 0.15) is 24.3 Å². The number of rotatable bonds is 3. The Morgan fingerprint density at radius 2 is 2.36 bits per heavy atom. The lowest BCUT2D eigenvalue weighted by Gasteiger charge is -2.14. The van der Waals surface area contributed by atoms with Crippen LogP contribution < -0.4 is 11.1 Å². The number of aromatic nitrogens is 2. The van der Waals surface area contributed by atoms with Crippen LogP contribution in [-0.2, 0) is 0 Å². The molecule has 1 fully saturated rings. The Kier molecular flexibility index (Phi) is 2.98. The molecule has 1 aromatic heterocycles. The first kappa shape index (κ1) is 9.86. The zero-order chi connectivity index (χ0) is 9.97. The van der Waals surface area contributed by atoms with Gasteiger partial charge in [-0.25, -0.2) is 0 Å². The molecule has 1 aliphatic carbocycles. The van der Waals surface area contributed by atoms with Crippen molar-refractivity contribution in [1.29, 1.82) is 0 Å². The molecule has 2 atom stereocenters. The normalized spacial score (nSPS) is 26.7. The first-order valence-electron chi connectivity index (χ1n) is 5.05. The molecule has 0 aromatic carbocycles. The Labute approximate surface area is 87.9 Å². The van der Waals surface area contributed by atoms with Crippen molar-refractivity contribution in [1.82, 2.24) is 10.2 Å². The second-order valence-corrected chi connectivity index (χ2v) is 5.04. The van der Waals surface area contributed by atoms with Crippen molar-refractivity contribution in [2.75, 3.05) is 11.9 Å². The number of aryl methyl sites for hydroxylation is 1. The van der Waals surface area contributed by atoms with Gasteiger partial charge in [0, 0.05) is 12.6 Å². The Hall–Kier alpha value is -0.680. The van der Waals surface area contributed by atoms with Crippen LogP contribution in [0.15, 0.2) is 0 Å². The third-order valence-corrected chi connectivity index (χ3v) is 3.56. The van der Waals surface area contributed by atoms with E-state index in [1.165, 1.54) is 19.3 Å². The zero-order valence-corrected chi connectivity index (χ0v) is 9.18. The molecule has 4 nitrogen and oxygen atoms in total. The lowest BCUT2D eigenvalue weighted by Crippen LogP contribution is -2.29. The number of hydrogen-bond donors (Lipinski definition) is 2. The first-order valence-corrected chi connectivity index (χ1v) is 5.87. The number of hydrogen-bond acceptors (Lipinski definition) is 5. The predicted molar refractivity (Wildman–Crippen MR) is 58.5 cm³/mol. The van der Waals surface area contributed by atoms with E-state index in [9.17, 15) is 0 Å². The molecule has 2 rings (SSSR count). The smallest absolute Gasteiger partial charge is 0.205 e. The Morgan fingerprint density at radius 3 is 2.93 bits per heavy atom. The topological polar surface area (TPSA) is 63.8 Å². The van der Waals surface area contributed by atoms with Crippen molar-refractivity contribution in [3.05, 3.63) is 5.01 Å². The Balaban J connectivity index is 1.82. The van der Waals surface area contributed by atoms with E-state index in [2.05, 4.69) is 15.5 Å². The molecule has 2 unspecified atom stereocenters. The molecule has 78 valence electrons. The minimum atomic E-state index is 0.372. The van der Waals surface area contributed by atoms with Crippen LogP contribution in [0.5, 0.6) is 0 Å². The van der Waals surface area contributed by atoms with E-state index in [1.807, 2.05) is 6.92 Å². The van der Waals surface area contributed by atoms with Crippen molar-refractivity contribution in [3.8, 4) is 0 Å². The van der Waals surface area contributed by atoms with Gasteiger partial charge in [0.05, 0.1) is 0 Å². The van der Waals surface area contributed by atoms with Crippen LogP contribution in [0, 0.1) is 12.8 Å². The van der Waals surface area contributed by atoms with E-state index in [0.717, 1.165) is 16.7 Å². The number of nitrogens with zero attached hydrogens (tertiary/aromatic N) is 2. The van der Waals surface area contributed by atoms with Gasteiger partial charge < -0.3 is 11.1 Å². The van der Waals surface area contributed by atoms with Crippen LogP contribution in [0.2, 0.25) is 0 Å².